The van der Waals surface area contributed by atoms with Gasteiger partial charge in [0.15, 0.2) is 8.32 Å². The molecule has 1 aromatic rings. The Balaban J connectivity index is 0.00000361. The Morgan fingerprint density at radius 1 is 1.45 bits per heavy atom. The van der Waals surface area contributed by atoms with Crippen LogP contribution in [0.25, 0.3) is 0 Å². The van der Waals surface area contributed by atoms with Crippen molar-refractivity contribution >= 4 is 19.4 Å². The van der Waals surface area contributed by atoms with Crippen LogP contribution in [0.2, 0.25) is 18.1 Å². The van der Waals surface area contributed by atoms with Crippen LogP contribution in [-0.2, 0) is 34.9 Å². The number of hydrogen-bond donors (Lipinski definition) is 0. The monoisotopic (exact) mass is 326 g/mol. The Bertz CT molecular complexity index is 472. The van der Waals surface area contributed by atoms with E-state index in [4.69, 9.17) is 4.43 Å². The van der Waals surface area contributed by atoms with Gasteiger partial charge in [-0.05, 0) is 35.3 Å². The number of nitrogens with zero attached hydrogens (tertiary/aromatic N) is 2. The van der Waals surface area contributed by atoms with Crippen molar-refractivity contribution in [2.45, 2.75) is 51.3 Å². The molecule has 0 saturated carbocycles. The van der Waals surface area contributed by atoms with Gasteiger partial charge in [-0.3, -0.25) is 8.89 Å². The molecule has 8 heteroatoms. The molecule has 0 aliphatic heterocycles. The second-order valence-corrected chi connectivity index (χ2v) is 12.0. The summed E-state index contributed by atoms with van der Waals surface area (Å²) in [6, 6.07) is 1.79. The van der Waals surface area contributed by atoms with E-state index in [2.05, 4.69) is 39.0 Å². The molecule has 1 heterocycles. The second kappa shape index (κ2) is 7.67. The van der Waals surface area contributed by atoms with Crippen LogP contribution < -0.4 is 29.6 Å². The molecule has 0 radical (unpaired) electrons. The van der Waals surface area contributed by atoms with E-state index in [1.165, 1.54) is 0 Å². The van der Waals surface area contributed by atoms with Crippen molar-refractivity contribution in [3.05, 3.63) is 17.5 Å². The molecule has 1 unspecified atom stereocenters. The summed E-state index contributed by atoms with van der Waals surface area (Å²) in [4.78, 5) is 0. The molecule has 0 bridgehead atoms. The van der Waals surface area contributed by atoms with Crippen LogP contribution in [0.4, 0.5) is 0 Å². The van der Waals surface area contributed by atoms with Crippen molar-refractivity contribution in [2.24, 2.45) is 7.05 Å². The average Bonchev–Trinajstić information content (AvgIpc) is 2.53. The Morgan fingerprint density at radius 3 is 2.45 bits per heavy atom. The van der Waals surface area contributed by atoms with Gasteiger partial charge in [0.1, 0.15) is 0 Å². The molecule has 0 N–H and O–H groups in total. The molecule has 0 aromatic carbocycles. The zero-order valence-electron chi connectivity index (χ0n) is 13.5. The summed E-state index contributed by atoms with van der Waals surface area (Å²) in [5.41, 5.74) is 1.47. The van der Waals surface area contributed by atoms with Crippen molar-refractivity contribution in [3.8, 4) is 0 Å². The summed E-state index contributed by atoms with van der Waals surface area (Å²) in [6.45, 7) is 11.4. The van der Waals surface area contributed by atoms with Gasteiger partial charge in [0.2, 0.25) is 0 Å². The largest absolute Gasteiger partial charge is 1.00 e. The first-order valence-electron chi connectivity index (χ1n) is 6.24. The molecule has 110 valence electrons. The minimum absolute atomic E-state index is 0. The van der Waals surface area contributed by atoms with Gasteiger partial charge in [-0.25, -0.2) is 0 Å². The summed E-state index contributed by atoms with van der Waals surface area (Å²) in [5, 5.41) is 4.33. The molecular weight excluding hydrogens is 303 g/mol. The van der Waals surface area contributed by atoms with Crippen molar-refractivity contribution in [1.29, 1.82) is 0 Å². The third-order valence-corrected chi connectivity index (χ3v) is 8.69. The maximum atomic E-state index is 10.7. The van der Waals surface area contributed by atoms with Crippen LogP contribution in [0.5, 0.6) is 0 Å². The van der Waals surface area contributed by atoms with Crippen LogP contribution in [0.3, 0.4) is 0 Å². The maximum absolute atomic E-state index is 10.7. The first-order chi connectivity index (χ1) is 8.53. The minimum atomic E-state index is -2.10. The van der Waals surface area contributed by atoms with Crippen molar-refractivity contribution in [3.63, 3.8) is 0 Å². The number of aryl methyl sites for hydroxylation is 1. The minimum Gasteiger partial charge on any atom is -0.772 e. The van der Waals surface area contributed by atoms with E-state index < -0.39 is 19.4 Å². The molecular formula is C12H23N2NaO3SSi. The van der Waals surface area contributed by atoms with Crippen molar-refractivity contribution < 1.29 is 42.7 Å². The molecule has 1 atom stereocenters. The van der Waals surface area contributed by atoms with Crippen LogP contribution in [0.1, 0.15) is 32.2 Å². The van der Waals surface area contributed by atoms with Gasteiger partial charge in [-0.2, -0.15) is 5.10 Å². The van der Waals surface area contributed by atoms with Crippen LogP contribution >= 0.6 is 0 Å². The third-order valence-electron chi connectivity index (χ3n) is 3.68. The molecule has 1 aromatic heterocycles. The topological polar surface area (TPSA) is 67.2 Å². The van der Waals surface area contributed by atoms with Crippen molar-refractivity contribution in [2.75, 3.05) is 0 Å². The zero-order chi connectivity index (χ0) is 14.8. The van der Waals surface area contributed by atoms with Gasteiger partial charge < -0.3 is 8.98 Å². The van der Waals surface area contributed by atoms with Crippen LogP contribution in [0, 0.1) is 0 Å². The fourth-order valence-corrected chi connectivity index (χ4v) is 2.69. The SMILES string of the molecule is Cn1nc(CS(=O)[O-])cc1CO[Si](C)(C)C(C)(C)C.[Na+]. The number of hydrogen-bond acceptors (Lipinski definition) is 4. The Morgan fingerprint density at radius 2 is 2.00 bits per heavy atom. The van der Waals surface area contributed by atoms with Gasteiger partial charge in [0.25, 0.3) is 0 Å². The third kappa shape index (κ3) is 5.71. The zero-order valence-corrected chi connectivity index (χ0v) is 17.3. The fraction of sp³-hybridized carbons (Fsp3) is 0.750. The summed E-state index contributed by atoms with van der Waals surface area (Å²) in [6.07, 6.45) is 0. The van der Waals surface area contributed by atoms with E-state index in [9.17, 15) is 8.76 Å². The molecule has 20 heavy (non-hydrogen) atoms. The quantitative estimate of drug-likeness (QED) is 0.531. The fourth-order valence-electron chi connectivity index (χ4n) is 1.37. The molecule has 0 saturated heterocycles. The predicted molar refractivity (Wildman–Crippen MR) is 77.8 cm³/mol. The van der Waals surface area contributed by atoms with Crippen LogP contribution in [0.15, 0.2) is 6.07 Å². The van der Waals surface area contributed by atoms with Gasteiger partial charge in [-0.1, -0.05) is 20.8 Å². The average molecular weight is 326 g/mol. The summed E-state index contributed by atoms with van der Waals surface area (Å²) < 4.78 is 29.1. The van der Waals surface area contributed by atoms with E-state index in [1.807, 2.05) is 7.05 Å². The normalized spacial score (nSPS) is 13.9. The van der Waals surface area contributed by atoms with Gasteiger partial charge in [0.05, 0.1) is 23.7 Å². The van der Waals surface area contributed by atoms with E-state index in [0.29, 0.717) is 12.3 Å². The van der Waals surface area contributed by atoms with E-state index in [-0.39, 0.29) is 40.3 Å². The first-order valence-corrected chi connectivity index (χ1v) is 10.4. The predicted octanol–water partition coefficient (Wildman–Crippen LogP) is -0.675. The number of rotatable bonds is 5. The maximum Gasteiger partial charge on any atom is 1.00 e. The standard InChI is InChI=1S/C12H24N2O3SSi.Na/c1-12(2,3)19(5,6)17-8-11-7-10(9-18(15)16)13-14(11)4;/h7H,8-9H2,1-6H3,(H,15,16);/q;+1/p-1. The summed E-state index contributed by atoms with van der Waals surface area (Å²) in [7, 11) is 0.0109. The molecule has 0 spiro atoms. The molecule has 0 amide bonds. The smallest absolute Gasteiger partial charge is 0.772 e. The molecule has 0 aliphatic carbocycles. The van der Waals surface area contributed by atoms with Crippen molar-refractivity contribution in [1.82, 2.24) is 9.78 Å². The van der Waals surface area contributed by atoms with Gasteiger partial charge in [0, 0.05) is 7.05 Å². The molecule has 0 fully saturated rings. The van der Waals surface area contributed by atoms with E-state index in [1.54, 1.807) is 10.7 Å². The van der Waals surface area contributed by atoms with Gasteiger partial charge >= 0.3 is 29.6 Å². The molecule has 5 nitrogen and oxygen atoms in total. The first kappa shape index (κ1) is 20.5. The Hall–Kier alpha value is 0.497. The molecule has 0 aliphatic rings. The number of aromatic nitrogens is 2. The second-order valence-electron chi connectivity index (χ2n) is 6.25. The van der Waals surface area contributed by atoms with E-state index >= 15 is 0 Å². The Kier molecular flexibility index (Phi) is 7.86. The molecule has 1 rings (SSSR count). The summed E-state index contributed by atoms with van der Waals surface area (Å²) in [5.74, 6) is -0.0477. The van der Waals surface area contributed by atoms with E-state index in [0.717, 1.165) is 5.69 Å². The van der Waals surface area contributed by atoms with Gasteiger partial charge in [-0.15, -0.1) is 0 Å². The van der Waals surface area contributed by atoms with Crippen LogP contribution in [-0.4, -0.2) is 26.9 Å². The summed E-state index contributed by atoms with van der Waals surface area (Å²) >= 11 is -2.10. The Labute approximate surface area is 147 Å².